The maximum Gasteiger partial charge on any atom is 0.261 e. The summed E-state index contributed by atoms with van der Waals surface area (Å²) in [4.78, 5) is 51.5. The van der Waals surface area contributed by atoms with Gasteiger partial charge in [-0.25, -0.2) is 9.97 Å². The van der Waals surface area contributed by atoms with E-state index < -0.39 is 0 Å². The van der Waals surface area contributed by atoms with Crippen LogP contribution in [0.25, 0.3) is 0 Å². The molecule has 1 aromatic carbocycles. The lowest BCUT2D eigenvalue weighted by molar-refractivity contribution is 0.0788. The van der Waals surface area contributed by atoms with Crippen LogP contribution in [-0.2, 0) is 6.42 Å². The van der Waals surface area contributed by atoms with Gasteiger partial charge in [-0.05, 0) is 50.5 Å². The Balaban J connectivity index is 1.46. The van der Waals surface area contributed by atoms with Gasteiger partial charge in [0.2, 0.25) is 0 Å². The van der Waals surface area contributed by atoms with E-state index in [1.54, 1.807) is 17.9 Å². The minimum absolute atomic E-state index is 0.0472. The molecule has 2 aromatic heterocycles. The molecule has 1 saturated heterocycles. The van der Waals surface area contributed by atoms with Crippen molar-refractivity contribution in [3.8, 4) is 0 Å². The highest BCUT2D eigenvalue weighted by Gasteiger charge is 2.31. The fraction of sp³-hybridized carbons (Fsp3) is 0.320. The molecule has 1 aliphatic heterocycles. The summed E-state index contributed by atoms with van der Waals surface area (Å²) in [7, 11) is 0. The minimum Gasteiger partial charge on any atom is -0.338 e. The van der Waals surface area contributed by atoms with E-state index in [-0.39, 0.29) is 28.9 Å². The average Bonchev–Trinajstić information content (AvgIpc) is 3.30. The van der Waals surface area contributed by atoms with Gasteiger partial charge in [0, 0.05) is 36.6 Å². The number of pyridine rings is 1. The Hall–Kier alpha value is -3.81. The van der Waals surface area contributed by atoms with Crippen molar-refractivity contribution in [2.24, 2.45) is 0 Å². The molecule has 3 aromatic rings. The summed E-state index contributed by atoms with van der Waals surface area (Å²) >= 11 is 0. The standard InChI is InChI=1S/C25H27N5O3/c1-4-21-15(2)12-19(23(31)29-21)25(33)30-11-10-17(14-30)22-26-13-20(16(3)27-22)24(32)28-18-8-6-5-7-9-18/h5-9,12-13,17H,4,10-11,14H2,1-3H3,(H,28,32)(H,29,31). The fourth-order valence-corrected chi connectivity index (χ4v) is 4.15. The first kappa shape index (κ1) is 22.4. The van der Waals surface area contributed by atoms with E-state index in [4.69, 9.17) is 0 Å². The summed E-state index contributed by atoms with van der Waals surface area (Å²) in [5.74, 6) is 0.0122. The second kappa shape index (κ2) is 9.36. The van der Waals surface area contributed by atoms with Crippen molar-refractivity contribution >= 4 is 17.5 Å². The first-order valence-electron chi connectivity index (χ1n) is 11.1. The Morgan fingerprint density at radius 1 is 1.18 bits per heavy atom. The molecule has 0 bridgehead atoms. The van der Waals surface area contributed by atoms with Crippen LogP contribution in [0.5, 0.6) is 0 Å². The summed E-state index contributed by atoms with van der Waals surface area (Å²) in [6.07, 6.45) is 2.94. The number of amides is 2. The molecule has 0 aliphatic carbocycles. The van der Waals surface area contributed by atoms with Gasteiger partial charge < -0.3 is 15.2 Å². The molecule has 0 spiro atoms. The number of likely N-dealkylation sites (tertiary alicyclic amines) is 1. The van der Waals surface area contributed by atoms with Crippen LogP contribution in [-0.4, -0.2) is 44.8 Å². The Kier molecular flexibility index (Phi) is 6.35. The number of nitrogens with zero attached hydrogens (tertiary/aromatic N) is 3. The summed E-state index contributed by atoms with van der Waals surface area (Å²) in [6.45, 7) is 6.59. The zero-order valence-electron chi connectivity index (χ0n) is 19.0. The summed E-state index contributed by atoms with van der Waals surface area (Å²) in [5.41, 5.74) is 3.25. The Labute approximate surface area is 192 Å². The molecular weight excluding hydrogens is 418 g/mol. The van der Waals surface area contributed by atoms with E-state index in [9.17, 15) is 14.4 Å². The topological polar surface area (TPSA) is 108 Å². The highest BCUT2D eigenvalue weighted by atomic mass is 16.2. The van der Waals surface area contributed by atoms with E-state index in [1.807, 2.05) is 44.2 Å². The number of aromatic amines is 1. The van der Waals surface area contributed by atoms with Crippen LogP contribution in [0.2, 0.25) is 0 Å². The van der Waals surface area contributed by atoms with Crippen molar-refractivity contribution in [3.05, 3.63) is 86.9 Å². The number of para-hydroxylation sites is 1. The maximum atomic E-state index is 13.0. The quantitative estimate of drug-likeness (QED) is 0.627. The molecule has 4 rings (SSSR count). The number of nitrogens with one attached hydrogen (secondary N) is 2. The SMILES string of the molecule is CCc1[nH]c(=O)c(C(=O)N2CCC(c3ncc(C(=O)Nc4ccccc4)c(C)n3)C2)cc1C. The van der Waals surface area contributed by atoms with Crippen molar-refractivity contribution < 1.29 is 9.59 Å². The van der Waals surface area contributed by atoms with E-state index in [0.29, 0.717) is 48.7 Å². The van der Waals surface area contributed by atoms with Gasteiger partial charge in [-0.2, -0.15) is 0 Å². The highest BCUT2D eigenvalue weighted by molar-refractivity contribution is 6.04. The Morgan fingerprint density at radius 2 is 1.94 bits per heavy atom. The van der Waals surface area contributed by atoms with Crippen molar-refractivity contribution in [1.82, 2.24) is 19.9 Å². The first-order valence-corrected chi connectivity index (χ1v) is 11.1. The molecule has 1 atom stereocenters. The molecule has 1 unspecified atom stereocenters. The summed E-state index contributed by atoms with van der Waals surface area (Å²) < 4.78 is 0. The molecule has 1 aliphatic rings. The lowest BCUT2D eigenvalue weighted by atomic mass is 10.1. The van der Waals surface area contributed by atoms with Crippen LogP contribution >= 0.6 is 0 Å². The number of aryl methyl sites for hydroxylation is 3. The number of carbonyl (C=O) groups is 2. The zero-order chi connectivity index (χ0) is 23.5. The van der Waals surface area contributed by atoms with Crippen molar-refractivity contribution in [3.63, 3.8) is 0 Å². The Morgan fingerprint density at radius 3 is 2.64 bits per heavy atom. The van der Waals surface area contributed by atoms with Gasteiger partial charge >= 0.3 is 0 Å². The van der Waals surface area contributed by atoms with Gasteiger partial charge in [0.05, 0.1) is 11.3 Å². The minimum atomic E-state index is -0.355. The van der Waals surface area contributed by atoms with E-state index in [1.165, 1.54) is 6.20 Å². The molecule has 8 heteroatoms. The number of benzene rings is 1. The molecule has 0 radical (unpaired) electrons. The van der Waals surface area contributed by atoms with Gasteiger partial charge in [0.1, 0.15) is 11.4 Å². The second-order valence-corrected chi connectivity index (χ2v) is 8.31. The Bertz CT molecular complexity index is 1250. The lowest BCUT2D eigenvalue weighted by Gasteiger charge is -2.17. The van der Waals surface area contributed by atoms with Gasteiger partial charge in [-0.3, -0.25) is 14.4 Å². The smallest absolute Gasteiger partial charge is 0.261 e. The van der Waals surface area contributed by atoms with Crippen LogP contribution in [0.4, 0.5) is 5.69 Å². The molecule has 170 valence electrons. The third-order valence-electron chi connectivity index (χ3n) is 6.04. The highest BCUT2D eigenvalue weighted by Crippen LogP contribution is 2.26. The van der Waals surface area contributed by atoms with Crippen LogP contribution < -0.4 is 10.9 Å². The van der Waals surface area contributed by atoms with Crippen molar-refractivity contribution in [2.75, 3.05) is 18.4 Å². The van der Waals surface area contributed by atoms with E-state index in [2.05, 4.69) is 20.3 Å². The van der Waals surface area contributed by atoms with Crippen LogP contribution in [0, 0.1) is 13.8 Å². The van der Waals surface area contributed by atoms with E-state index >= 15 is 0 Å². The number of carbonyl (C=O) groups excluding carboxylic acids is 2. The number of anilines is 1. The van der Waals surface area contributed by atoms with Gasteiger partial charge in [-0.1, -0.05) is 25.1 Å². The molecule has 33 heavy (non-hydrogen) atoms. The third kappa shape index (κ3) is 4.69. The van der Waals surface area contributed by atoms with Crippen LogP contribution in [0.15, 0.2) is 47.4 Å². The number of hydrogen-bond donors (Lipinski definition) is 2. The maximum absolute atomic E-state index is 13.0. The lowest BCUT2D eigenvalue weighted by Crippen LogP contribution is -2.33. The predicted molar refractivity (Wildman–Crippen MR) is 126 cm³/mol. The molecule has 2 amide bonds. The van der Waals surface area contributed by atoms with Crippen molar-refractivity contribution in [2.45, 2.75) is 39.5 Å². The van der Waals surface area contributed by atoms with Crippen LogP contribution in [0.1, 0.15) is 62.8 Å². The average molecular weight is 446 g/mol. The number of aromatic nitrogens is 3. The molecular formula is C25H27N5O3. The second-order valence-electron chi connectivity index (χ2n) is 8.31. The normalized spacial score (nSPS) is 15.5. The van der Waals surface area contributed by atoms with Gasteiger partial charge in [0.25, 0.3) is 17.4 Å². The summed E-state index contributed by atoms with van der Waals surface area (Å²) in [6, 6.07) is 10.9. The fourth-order valence-electron chi connectivity index (χ4n) is 4.15. The number of rotatable bonds is 5. The van der Waals surface area contributed by atoms with Crippen LogP contribution in [0.3, 0.4) is 0 Å². The molecule has 1 fully saturated rings. The van der Waals surface area contributed by atoms with Crippen molar-refractivity contribution in [1.29, 1.82) is 0 Å². The molecule has 0 saturated carbocycles. The summed E-state index contributed by atoms with van der Waals surface area (Å²) in [5, 5.41) is 2.84. The molecule has 2 N–H and O–H groups in total. The largest absolute Gasteiger partial charge is 0.338 e. The number of hydrogen-bond acceptors (Lipinski definition) is 5. The molecule has 8 nitrogen and oxygen atoms in total. The number of H-pyrrole nitrogens is 1. The monoisotopic (exact) mass is 445 g/mol. The predicted octanol–water partition coefficient (Wildman–Crippen LogP) is 3.23. The van der Waals surface area contributed by atoms with E-state index in [0.717, 1.165) is 11.3 Å². The third-order valence-corrected chi connectivity index (χ3v) is 6.04. The zero-order valence-corrected chi connectivity index (χ0v) is 19.0. The molecule has 3 heterocycles. The van der Waals surface area contributed by atoms with Gasteiger partial charge in [0.15, 0.2) is 0 Å². The first-order chi connectivity index (χ1) is 15.9. The van der Waals surface area contributed by atoms with Gasteiger partial charge in [-0.15, -0.1) is 0 Å².